The van der Waals surface area contributed by atoms with Gasteiger partial charge >= 0.3 is 0 Å². The molecular weight excluding hydrogens is 208 g/mol. The van der Waals surface area contributed by atoms with Crippen molar-refractivity contribution in [3.05, 3.63) is 12.2 Å². The molecule has 1 N–H and O–H groups in total. The number of morpholine rings is 1. The number of nitrogens with one attached hydrogen (secondary N) is 1. The van der Waals surface area contributed by atoms with E-state index in [2.05, 4.69) is 15.2 Å². The smallest absolute Gasteiger partial charge is 0.291 e. The fourth-order valence-electron chi connectivity index (χ4n) is 2.07. The third-order valence-electron chi connectivity index (χ3n) is 2.47. The van der Waals surface area contributed by atoms with Gasteiger partial charge in [-0.25, -0.2) is 4.98 Å². The zero-order valence-electron chi connectivity index (χ0n) is 9.73. The maximum absolute atomic E-state index is 12.0. The Labute approximate surface area is 94.0 Å². The van der Waals surface area contributed by atoms with Gasteiger partial charge in [-0.2, -0.15) is 5.10 Å². The van der Waals surface area contributed by atoms with E-state index in [-0.39, 0.29) is 23.4 Å². The molecule has 16 heavy (non-hydrogen) atoms. The predicted molar refractivity (Wildman–Crippen MR) is 56.9 cm³/mol. The number of nitrogens with zero attached hydrogens (tertiary/aromatic N) is 3. The van der Waals surface area contributed by atoms with E-state index < -0.39 is 0 Å². The zero-order valence-corrected chi connectivity index (χ0v) is 9.73. The predicted octanol–water partition coefficient (Wildman–Crippen LogP) is 0.444. The van der Waals surface area contributed by atoms with Crippen LogP contribution in [0.2, 0.25) is 0 Å². The van der Waals surface area contributed by atoms with Gasteiger partial charge in [-0.15, -0.1) is 0 Å². The quantitative estimate of drug-likeness (QED) is 0.751. The van der Waals surface area contributed by atoms with Crippen LogP contribution in [0.25, 0.3) is 0 Å². The third kappa shape index (κ3) is 2.21. The molecule has 1 aromatic heterocycles. The maximum Gasteiger partial charge on any atom is 0.291 e. The highest BCUT2D eigenvalue weighted by molar-refractivity contribution is 5.90. The molecule has 1 aromatic rings. The molecule has 1 aliphatic rings. The molecule has 1 saturated heterocycles. The largest absolute Gasteiger partial charge is 0.369 e. The van der Waals surface area contributed by atoms with Gasteiger partial charge in [0.2, 0.25) is 5.82 Å². The van der Waals surface area contributed by atoms with E-state index in [9.17, 15) is 4.79 Å². The van der Waals surface area contributed by atoms with Crippen molar-refractivity contribution < 1.29 is 9.53 Å². The maximum atomic E-state index is 12.0. The van der Waals surface area contributed by atoms with Gasteiger partial charge < -0.3 is 9.64 Å². The first-order valence-corrected chi connectivity index (χ1v) is 5.30. The summed E-state index contributed by atoms with van der Waals surface area (Å²) in [6.07, 6.45) is 1.37. The van der Waals surface area contributed by atoms with Crippen molar-refractivity contribution in [1.82, 2.24) is 20.1 Å². The van der Waals surface area contributed by atoms with Crippen LogP contribution in [-0.2, 0) is 4.74 Å². The SMILES string of the molecule is CC1CN(C(=O)c2ncn[nH]2)CC(C)(C)O1. The van der Waals surface area contributed by atoms with Gasteiger partial charge in [0.1, 0.15) is 6.33 Å². The van der Waals surface area contributed by atoms with Gasteiger partial charge in [0.15, 0.2) is 0 Å². The molecule has 6 nitrogen and oxygen atoms in total. The highest BCUT2D eigenvalue weighted by Crippen LogP contribution is 2.21. The van der Waals surface area contributed by atoms with Crippen molar-refractivity contribution in [1.29, 1.82) is 0 Å². The summed E-state index contributed by atoms with van der Waals surface area (Å²) in [5.74, 6) is 0.158. The molecular formula is C10H16N4O2. The van der Waals surface area contributed by atoms with E-state index >= 15 is 0 Å². The molecule has 0 saturated carbocycles. The molecule has 1 aliphatic heterocycles. The Balaban J connectivity index is 2.12. The summed E-state index contributed by atoms with van der Waals surface area (Å²) in [5.41, 5.74) is -0.312. The minimum Gasteiger partial charge on any atom is -0.369 e. The Morgan fingerprint density at radius 2 is 2.44 bits per heavy atom. The van der Waals surface area contributed by atoms with E-state index in [4.69, 9.17) is 4.74 Å². The summed E-state index contributed by atoms with van der Waals surface area (Å²) in [6, 6.07) is 0. The van der Waals surface area contributed by atoms with Crippen LogP contribution in [0.3, 0.4) is 0 Å². The van der Waals surface area contributed by atoms with Crippen molar-refractivity contribution in [3.8, 4) is 0 Å². The summed E-state index contributed by atoms with van der Waals surface area (Å²) in [7, 11) is 0. The van der Waals surface area contributed by atoms with Crippen LogP contribution in [0.4, 0.5) is 0 Å². The molecule has 0 aromatic carbocycles. The van der Waals surface area contributed by atoms with E-state index in [1.807, 2.05) is 20.8 Å². The van der Waals surface area contributed by atoms with Crippen LogP contribution in [-0.4, -0.2) is 50.8 Å². The van der Waals surface area contributed by atoms with Crippen molar-refractivity contribution in [2.75, 3.05) is 13.1 Å². The number of aromatic amines is 1. The lowest BCUT2D eigenvalue weighted by Crippen LogP contribution is -2.54. The molecule has 6 heteroatoms. The minimum absolute atomic E-state index is 0.0376. The summed E-state index contributed by atoms with van der Waals surface area (Å²) >= 11 is 0. The normalized spacial score (nSPS) is 24.4. The van der Waals surface area contributed by atoms with Crippen LogP contribution in [0.5, 0.6) is 0 Å². The van der Waals surface area contributed by atoms with Crippen LogP contribution < -0.4 is 0 Å². The number of carbonyl (C=O) groups is 1. The third-order valence-corrected chi connectivity index (χ3v) is 2.47. The van der Waals surface area contributed by atoms with Crippen LogP contribution in [0, 0.1) is 0 Å². The lowest BCUT2D eigenvalue weighted by atomic mass is 10.1. The van der Waals surface area contributed by atoms with Crippen molar-refractivity contribution in [2.45, 2.75) is 32.5 Å². The van der Waals surface area contributed by atoms with Gasteiger partial charge in [0, 0.05) is 13.1 Å². The number of ether oxygens (including phenoxy) is 1. The van der Waals surface area contributed by atoms with Crippen molar-refractivity contribution in [2.24, 2.45) is 0 Å². The number of aromatic nitrogens is 3. The zero-order chi connectivity index (χ0) is 11.8. The molecule has 2 rings (SSSR count). The fourth-order valence-corrected chi connectivity index (χ4v) is 2.07. The first-order valence-electron chi connectivity index (χ1n) is 5.30. The Morgan fingerprint density at radius 1 is 1.69 bits per heavy atom. The van der Waals surface area contributed by atoms with E-state index in [1.165, 1.54) is 6.33 Å². The molecule has 0 radical (unpaired) electrons. The van der Waals surface area contributed by atoms with E-state index in [0.29, 0.717) is 13.1 Å². The Bertz CT molecular complexity index is 374. The first kappa shape index (κ1) is 11.1. The highest BCUT2D eigenvalue weighted by Gasteiger charge is 2.34. The highest BCUT2D eigenvalue weighted by atomic mass is 16.5. The molecule has 1 unspecified atom stereocenters. The fraction of sp³-hybridized carbons (Fsp3) is 0.700. The molecule has 1 atom stereocenters. The number of carbonyl (C=O) groups excluding carboxylic acids is 1. The second-order valence-corrected chi connectivity index (χ2v) is 4.71. The van der Waals surface area contributed by atoms with Gasteiger partial charge in [-0.1, -0.05) is 0 Å². The second-order valence-electron chi connectivity index (χ2n) is 4.71. The van der Waals surface area contributed by atoms with Gasteiger partial charge in [-0.3, -0.25) is 9.89 Å². The monoisotopic (exact) mass is 224 g/mol. The average molecular weight is 224 g/mol. The molecule has 88 valence electrons. The van der Waals surface area contributed by atoms with Crippen LogP contribution in [0.1, 0.15) is 31.4 Å². The average Bonchev–Trinajstić information content (AvgIpc) is 2.65. The second kappa shape index (κ2) is 3.86. The number of amides is 1. The standard InChI is InChI=1S/C10H16N4O2/c1-7-4-14(5-10(2,3)16-7)9(15)8-11-6-12-13-8/h6-7H,4-5H2,1-3H3,(H,11,12,13). The lowest BCUT2D eigenvalue weighted by molar-refractivity contribution is -0.119. The van der Waals surface area contributed by atoms with Crippen molar-refractivity contribution in [3.63, 3.8) is 0 Å². The topological polar surface area (TPSA) is 71.1 Å². The number of rotatable bonds is 1. The summed E-state index contributed by atoms with van der Waals surface area (Å²) in [4.78, 5) is 17.6. The van der Waals surface area contributed by atoms with E-state index in [1.54, 1.807) is 4.90 Å². The van der Waals surface area contributed by atoms with Gasteiger partial charge in [0.25, 0.3) is 5.91 Å². The summed E-state index contributed by atoms with van der Waals surface area (Å²) in [6.45, 7) is 7.06. The van der Waals surface area contributed by atoms with E-state index in [0.717, 1.165) is 0 Å². The molecule has 1 amide bonds. The molecule has 0 spiro atoms. The first-order chi connectivity index (χ1) is 7.48. The minimum atomic E-state index is -0.312. The summed E-state index contributed by atoms with van der Waals surface area (Å²) < 4.78 is 5.73. The molecule has 0 aliphatic carbocycles. The van der Waals surface area contributed by atoms with Gasteiger partial charge in [0.05, 0.1) is 11.7 Å². The number of hydrogen-bond acceptors (Lipinski definition) is 4. The van der Waals surface area contributed by atoms with Crippen LogP contribution >= 0.6 is 0 Å². The Morgan fingerprint density at radius 3 is 3.00 bits per heavy atom. The Kier molecular flexibility index (Phi) is 2.67. The van der Waals surface area contributed by atoms with Crippen molar-refractivity contribution >= 4 is 5.91 Å². The lowest BCUT2D eigenvalue weighted by Gasteiger charge is -2.41. The molecule has 2 heterocycles. The van der Waals surface area contributed by atoms with Crippen LogP contribution in [0.15, 0.2) is 6.33 Å². The molecule has 1 fully saturated rings. The number of H-pyrrole nitrogens is 1. The summed E-state index contributed by atoms with van der Waals surface area (Å²) in [5, 5.41) is 6.26. The van der Waals surface area contributed by atoms with Gasteiger partial charge in [-0.05, 0) is 20.8 Å². The Hall–Kier alpha value is -1.43. The molecule has 0 bridgehead atoms. The number of hydrogen-bond donors (Lipinski definition) is 1.